The van der Waals surface area contributed by atoms with Crippen LogP contribution in [0, 0.1) is 12.8 Å². The van der Waals surface area contributed by atoms with Gasteiger partial charge < -0.3 is 15.0 Å². The number of ether oxygens (including phenoxy) is 1. The first kappa shape index (κ1) is 17.5. The number of benzene rings is 1. The second-order valence-electron chi connectivity index (χ2n) is 6.86. The van der Waals surface area contributed by atoms with Crippen molar-refractivity contribution in [2.24, 2.45) is 5.92 Å². The summed E-state index contributed by atoms with van der Waals surface area (Å²) < 4.78 is 5.42. The monoisotopic (exact) mass is 341 g/mol. The molecule has 1 aliphatic rings. The lowest BCUT2D eigenvalue weighted by Crippen LogP contribution is -2.34. The van der Waals surface area contributed by atoms with Crippen LogP contribution >= 0.6 is 0 Å². The SMILES string of the molecule is Cc1ncc(C(NC(=O)OCc2ccccc2)C2CCCCCC2)[nH]1. The highest BCUT2D eigenvalue weighted by Crippen LogP contribution is 2.33. The molecule has 1 heterocycles. The third kappa shape index (κ3) is 5.08. The lowest BCUT2D eigenvalue weighted by Gasteiger charge is -2.26. The number of rotatable bonds is 5. The van der Waals surface area contributed by atoms with Crippen LogP contribution in [-0.4, -0.2) is 16.1 Å². The highest BCUT2D eigenvalue weighted by molar-refractivity contribution is 5.67. The Kier molecular flexibility index (Phi) is 6.09. The Labute approximate surface area is 149 Å². The van der Waals surface area contributed by atoms with Gasteiger partial charge in [-0.15, -0.1) is 0 Å². The fourth-order valence-corrected chi connectivity index (χ4v) is 3.58. The van der Waals surface area contributed by atoms with Crippen molar-refractivity contribution >= 4 is 6.09 Å². The Balaban J connectivity index is 1.65. The summed E-state index contributed by atoms with van der Waals surface area (Å²) in [6.45, 7) is 2.22. The van der Waals surface area contributed by atoms with Crippen molar-refractivity contribution < 1.29 is 9.53 Å². The summed E-state index contributed by atoms with van der Waals surface area (Å²) in [5.41, 5.74) is 1.96. The van der Waals surface area contributed by atoms with E-state index in [0.29, 0.717) is 5.92 Å². The van der Waals surface area contributed by atoms with Crippen LogP contribution in [0.2, 0.25) is 0 Å². The maximum atomic E-state index is 12.4. The smallest absolute Gasteiger partial charge is 0.408 e. The zero-order valence-corrected chi connectivity index (χ0v) is 14.8. The van der Waals surface area contributed by atoms with E-state index in [2.05, 4.69) is 15.3 Å². The molecular formula is C20H27N3O2. The maximum absolute atomic E-state index is 12.4. The van der Waals surface area contributed by atoms with Gasteiger partial charge in [0.2, 0.25) is 0 Å². The van der Waals surface area contributed by atoms with Gasteiger partial charge in [0.25, 0.3) is 0 Å². The van der Waals surface area contributed by atoms with Gasteiger partial charge in [-0.3, -0.25) is 0 Å². The zero-order chi connectivity index (χ0) is 17.5. The van der Waals surface area contributed by atoms with Crippen molar-refractivity contribution in [2.45, 2.75) is 58.1 Å². The second-order valence-corrected chi connectivity index (χ2v) is 6.86. The fourth-order valence-electron chi connectivity index (χ4n) is 3.58. The second kappa shape index (κ2) is 8.70. The third-order valence-electron chi connectivity index (χ3n) is 4.91. The first-order chi connectivity index (χ1) is 12.2. The summed E-state index contributed by atoms with van der Waals surface area (Å²) in [6.07, 6.45) is 8.72. The van der Waals surface area contributed by atoms with Gasteiger partial charge in [-0.05, 0) is 31.2 Å². The van der Waals surface area contributed by atoms with Crippen LogP contribution in [0.15, 0.2) is 36.5 Å². The number of imidazole rings is 1. The standard InChI is InChI=1S/C20H27N3O2/c1-15-21-13-18(22-15)19(17-11-7-2-3-8-12-17)23-20(24)25-14-16-9-5-4-6-10-16/h4-6,9-10,13,17,19H,2-3,7-8,11-12,14H2,1H3,(H,21,22)(H,23,24). The van der Waals surface area contributed by atoms with E-state index in [-0.39, 0.29) is 18.7 Å². The van der Waals surface area contributed by atoms with Gasteiger partial charge in [0, 0.05) is 0 Å². The number of aromatic nitrogens is 2. The Morgan fingerprint density at radius 2 is 1.96 bits per heavy atom. The molecule has 1 fully saturated rings. The minimum Gasteiger partial charge on any atom is -0.445 e. The third-order valence-corrected chi connectivity index (χ3v) is 4.91. The molecule has 0 radical (unpaired) electrons. The molecule has 1 saturated carbocycles. The molecule has 2 aromatic rings. The molecule has 1 amide bonds. The van der Waals surface area contributed by atoms with Crippen LogP contribution in [0.4, 0.5) is 4.79 Å². The number of nitrogens with zero attached hydrogens (tertiary/aromatic N) is 1. The summed E-state index contributed by atoms with van der Waals surface area (Å²) in [7, 11) is 0. The first-order valence-electron chi connectivity index (χ1n) is 9.21. The molecule has 25 heavy (non-hydrogen) atoms. The Hall–Kier alpha value is -2.30. The number of hydrogen-bond acceptors (Lipinski definition) is 3. The number of alkyl carbamates (subject to hydrolysis) is 1. The van der Waals surface area contributed by atoms with Gasteiger partial charge >= 0.3 is 6.09 Å². The van der Waals surface area contributed by atoms with E-state index in [4.69, 9.17) is 4.74 Å². The summed E-state index contributed by atoms with van der Waals surface area (Å²) in [4.78, 5) is 20.0. The van der Waals surface area contributed by atoms with Crippen molar-refractivity contribution in [3.8, 4) is 0 Å². The molecule has 0 saturated heterocycles. The van der Waals surface area contributed by atoms with Crippen molar-refractivity contribution in [1.29, 1.82) is 0 Å². The first-order valence-corrected chi connectivity index (χ1v) is 9.21. The summed E-state index contributed by atoms with van der Waals surface area (Å²) in [5, 5.41) is 3.08. The molecule has 1 unspecified atom stereocenters. The predicted molar refractivity (Wildman–Crippen MR) is 97.0 cm³/mol. The average molecular weight is 341 g/mol. The number of H-pyrrole nitrogens is 1. The molecule has 1 aliphatic carbocycles. The molecule has 1 aromatic carbocycles. The summed E-state index contributed by atoms with van der Waals surface area (Å²) in [6, 6.07) is 9.67. The van der Waals surface area contributed by atoms with E-state index in [1.807, 2.05) is 43.5 Å². The van der Waals surface area contributed by atoms with E-state index >= 15 is 0 Å². The Morgan fingerprint density at radius 1 is 1.24 bits per heavy atom. The summed E-state index contributed by atoms with van der Waals surface area (Å²) >= 11 is 0. The Bertz CT molecular complexity index is 661. The number of nitrogens with one attached hydrogen (secondary N) is 2. The lowest BCUT2D eigenvalue weighted by atomic mass is 9.90. The van der Waals surface area contributed by atoms with Gasteiger partial charge in [-0.25, -0.2) is 9.78 Å². The maximum Gasteiger partial charge on any atom is 0.408 e. The van der Waals surface area contributed by atoms with Gasteiger partial charge in [0.15, 0.2) is 0 Å². The topological polar surface area (TPSA) is 67.0 Å². The number of aryl methyl sites for hydroxylation is 1. The molecular weight excluding hydrogens is 314 g/mol. The molecule has 5 nitrogen and oxygen atoms in total. The van der Waals surface area contributed by atoms with Crippen LogP contribution in [0.5, 0.6) is 0 Å². The largest absolute Gasteiger partial charge is 0.445 e. The van der Waals surface area contributed by atoms with Crippen molar-refractivity contribution in [1.82, 2.24) is 15.3 Å². The molecule has 1 aromatic heterocycles. The molecule has 1 atom stereocenters. The normalized spacial score (nSPS) is 16.8. The molecule has 0 aliphatic heterocycles. The molecule has 2 N–H and O–H groups in total. The number of carbonyl (C=O) groups excluding carboxylic acids is 1. The number of carbonyl (C=O) groups is 1. The predicted octanol–water partition coefficient (Wildman–Crippen LogP) is 4.66. The van der Waals surface area contributed by atoms with E-state index in [1.54, 1.807) is 0 Å². The van der Waals surface area contributed by atoms with Gasteiger partial charge in [-0.2, -0.15) is 0 Å². The van der Waals surface area contributed by atoms with Crippen molar-refractivity contribution in [2.75, 3.05) is 0 Å². The molecule has 0 bridgehead atoms. The van der Waals surface area contributed by atoms with Crippen molar-refractivity contribution in [3.05, 3.63) is 53.6 Å². The molecule has 134 valence electrons. The quantitative estimate of drug-likeness (QED) is 0.778. The van der Waals surface area contributed by atoms with Gasteiger partial charge in [0.1, 0.15) is 12.4 Å². The van der Waals surface area contributed by atoms with Gasteiger partial charge in [0.05, 0.1) is 17.9 Å². The number of aromatic amines is 1. The Morgan fingerprint density at radius 3 is 2.60 bits per heavy atom. The van der Waals surface area contributed by atoms with E-state index < -0.39 is 0 Å². The van der Waals surface area contributed by atoms with Gasteiger partial charge in [-0.1, -0.05) is 56.0 Å². The highest BCUT2D eigenvalue weighted by atomic mass is 16.5. The molecule has 0 spiro atoms. The van der Waals surface area contributed by atoms with Crippen molar-refractivity contribution in [3.63, 3.8) is 0 Å². The van der Waals surface area contributed by atoms with E-state index in [1.165, 1.54) is 25.7 Å². The van der Waals surface area contributed by atoms with E-state index in [0.717, 1.165) is 29.9 Å². The highest BCUT2D eigenvalue weighted by Gasteiger charge is 2.27. The average Bonchev–Trinajstić information content (AvgIpc) is 2.89. The molecule has 3 rings (SSSR count). The molecule has 5 heteroatoms. The van der Waals surface area contributed by atoms with Crippen LogP contribution in [0.1, 0.15) is 61.6 Å². The number of amides is 1. The van der Waals surface area contributed by atoms with Crippen LogP contribution in [0.25, 0.3) is 0 Å². The lowest BCUT2D eigenvalue weighted by molar-refractivity contribution is 0.130. The van der Waals surface area contributed by atoms with Crippen LogP contribution in [0.3, 0.4) is 0 Å². The number of hydrogen-bond donors (Lipinski definition) is 2. The fraction of sp³-hybridized carbons (Fsp3) is 0.500. The van der Waals surface area contributed by atoms with E-state index in [9.17, 15) is 4.79 Å². The minimum absolute atomic E-state index is 0.0671. The van der Waals surface area contributed by atoms with Crippen LogP contribution < -0.4 is 5.32 Å². The minimum atomic E-state index is -0.370. The summed E-state index contributed by atoms with van der Waals surface area (Å²) in [5.74, 6) is 1.29. The zero-order valence-electron chi connectivity index (χ0n) is 14.8. The van der Waals surface area contributed by atoms with Crippen LogP contribution in [-0.2, 0) is 11.3 Å².